The van der Waals surface area contributed by atoms with Crippen molar-refractivity contribution >= 4 is 29.3 Å². The Hall–Kier alpha value is -2.55. The van der Waals surface area contributed by atoms with Gasteiger partial charge in [-0.05, 0) is 36.8 Å². The van der Waals surface area contributed by atoms with Crippen LogP contribution in [0.2, 0.25) is 0 Å². The van der Waals surface area contributed by atoms with Crippen LogP contribution in [-0.4, -0.2) is 29.7 Å². The molecule has 1 aromatic carbocycles. The molecule has 1 heterocycles. The van der Waals surface area contributed by atoms with Crippen molar-refractivity contribution in [2.24, 2.45) is 0 Å². The molecule has 0 aliphatic heterocycles. The molecule has 0 radical (unpaired) electrons. The number of amides is 1. The van der Waals surface area contributed by atoms with Gasteiger partial charge in [-0.2, -0.15) is 13.2 Å². The number of rotatable bonds is 5. The molecule has 5 nitrogen and oxygen atoms in total. The van der Waals surface area contributed by atoms with Crippen LogP contribution in [0.3, 0.4) is 0 Å². The molecular formula is C17H15F3N2O3S. The third-order valence-corrected chi connectivity index (χ3v) is 4.29. The van der Waals surface area contributed by atoms with E-state index in [1.54, 1.807) is 19.1 Å². The fourth-order valence-corrected chi connectivity index (χ4v) is 2.60. The third kappa shape index (κ3) is 5.22. The van der Waals surface area contributed by atoms with Gasteiger partial charge in [-0.25, -0.2) is 9.78 Å². The molecule has 2 rings (SSSR count). The molecular weight excluding hydrogens is 369 g/mol. The SMILES string of the molecule is COC(=O)c1ccc(C)c(NC(=O)CSc2ccc(C(F)(F)F)cn2)c1. The monoisotopic (exact) mass is 384 g/mol. The minimum Gasteiger partial charge on any atom is -0.465 e. The second kappa shape index (κ2) is 8.22. The van der Waals surface area contributed by atoms with Gasteiger partial charge in [0, 0.05) is 11.9 Å². The van der Waals surface area contributed by atoms with Gasteiger partial charge in [0.15, 0.2) is 0 Å². The Labute approximate surface area is 152 Å². The highest BCUT2D eigenvalue weighted by Crippen LogP contribution is 2.29. The molecule has 0 atom stereocenters. The van der Waals surface area contributed by atoms with E-state index in [2.05, 4.69) is 15.0 Å². The highest BCUT2D eigenvalue weighted by atomic mass is 32.2. The molecule has 0 spiro atoms. The molecule has 1 amide bonds. The van der Waals surface area contributed by atoms with Crippen LogP contribution in [0.5, 0.6) is 0 Å². The number of alkyl halides is 3. The Morgan fingerprint density at radius 1 is 1.23 bits per heavy atom. The van der Waals surface area contributed by atoms with E-state index in [0.29, 0.717) is 16.3 Å². The summed E-state index contributed by atoms with van der Waals surface area (Å²) >= 11 is 1.01. The van der Waals surface area contributed by atoms with Gasteiger partial charge in [-0.1, -0.05) is 17.8 Å². The lowest BCUT2D eigenvalue weighted by molar-refractivity contribution is -0.137. The average molecular weight is 384 g/mol. The number of carbonyl (C=O) groups excluding carboxylic acids is 2. The molecule has 0 aliphatic carbocycles. The number of nitrogens with zero attached hydrogens (tertiary/aromatic N) is 1. The van der Waals surface area contributed by atoms with Gasteiger partial charge in [-0.15, -0.1) is 0 Å². The Bertz CT molecular complexity index is 808. The zero-order valence-electron chi connectivity index (χ0n) is 13.9. The number of ether oxygens (including phenoxy) is 1. The number of methoxy groups -OCH3 is 1. The van der Waals surface area contributed by atoms with Crippen molar-refractivity contribution in [3.63, 3.8) is 0 Å². The van der Waals surface area contributed by atoms with Crippen molar-refractivity contribution in [1.29, 1.82) is 0 Å². The summed E-state index contributed by atoms with van der Waals surface area (Å²) in [5.41, 5.74) is 0.662. The van der Waals surface area contributed by atoms with Crippen molar-refractivity contribution < 1.29 is 27.5 Å². The van der Waals surface area contributed by atoms with E-state index in [-0.39, 0.29) is 11.7 Å². The summed E-state index contributed by atoms with van der Waals surface area (Å²) in [4.78, 5) is 27.3. The molecule has 138 valence electrons. The van der Waals surface area contributed by atoms with E-state index >= 15 is 0 Å². The molecule has 0 aliphatic rings. The lowest BCUT2D eigenvalue weighted by Gasteiger charge is -2.10. The van der Waals surface area contributed by atoms with Crippen molar-refractivity contribution in [2.45, 2.75) is 18.1 Å². The van der Waals surface area contributed by atoms with Crippen molar-refractivity contribution in [3.05, 3.63) is 53.2 Å². The summed E-state index contributed by atoms with van der Waals surface area (Å²) in [5, 5.41) is 2.96. The lowest BCUT2D eigenvalue weighted by Crippen LogP contribution is -2.15. The summed E-state index contributed by atoms with van der Waals surface area (Å²) in [6.45, 7) is 1.77. The molecule has 0 bridgehead atoms. The number of pyridine rings is 1. The number of hydrogen-bond donors (Lipinski definition) is 1. The van der Waals surface area contributed by atoms with Gasteiger partial charge in [0.25, 0.3) is 0 Å². The number of carbonyl (C=O) groups is 2. The molecule has 1 aromatic heterocycles. The summed E-state index contributed by atoms with van der Waals surface area (Å²) in [6, 6.07) is 6.88. The molecule has 9 heteroatoms. The van der Waals surface area contributed by atoms with Gasteiger partial charge in [-0.3, -0.25) is 4.79 Å². The van der Waals surface area contributed by atoms with E-state index in [4.69, 9.17) is 0 Å². The Kier molecular flexibility index (Phi) is 6.25. The molecule has 26 heavy (non-hydrogen) atoms. The van der Waals surface area contributed by atoms with E-state index in [9.17, 15) is 22.8 Å². The second-order valence-electron chi connectivity index (χ2n) is 5.24. The maximum atomic E-state index is 12.5. The van der Waals surface area contributed by atoms with Crippen LogP contribution in [0.15, 0.2) is 41.6 Å². The predicted octanol–water partition coefficient (Wildman–Crippen LogP) is 3.93. The van der Waals surface area contributed by atoms with Crippen LogP contribution in [0.25, 0.3) is 0 Å². The number of benzene rings is 1. The predicted molar refractivity (Wildman–Crippen MR) is 91.1 cm³/mol. The second-order valence-corrected chi connectivity index (χ2v) is 6.24. The van der Waals surface area contributed by atoms with Crippen LogP contribution in [0.4, 0.5) is 18.9 Å². The number of hydrogen-bond acceptors (Lipinski definition) is 5. The molecule has 2 aromatic rings. The first-order valence-corrected chi connectivity index (χ1v) is 8.34. The molecule has 0 saturated carbocycles. The van der Waals surface area contributed by atoms with Crippen LogP contribution >= 0.6 is 11.8 Å². The first-order valence-electron chi connectivity index (χ1n) is 7.35. The number of anilines is 1. The number of esters is 1. The quantitative estimate of drug-likeness (QED) is 0.625. The van der Waals surface area contributed by atoms with E-state index < -0.39 is 17.7 Å². The zero-order chi connectivity index (χ0) is 19.3. The Balaban J connectivity index is 1.98. The number of nitrogens with one attached hydrogen (secondary N) is 1. The molecule has 0 saturated heterocycles. The average Bonchev–Trinajstić information content (AvgIpc) is 2.60. The van der Waals surface area contributed by atoms with Crippen LogP contribution < -0.4 is 5.32 Å². The number of thioether (sulfide) groups is 1. The van der Waals surface area contributed by atoms with Crippen molar-refractivity contribution in [1.82, 2.24) is 4.98 Å². The summed E-state index contributed by atoms with van der Waals surface area (Å²) in [6.07, 6.45) is -3.72. The molecule has 0 fully saturated rings. The standard InChI is InChI=1S/C17H15F3N2O3S/c1-10-3-4-11(16(24)25-2)7-13(10)22-14(23)9-26-15-6-5-12(8-21-15)17(18,19)20/h3-8H,9H2,1-2H3,(H,22,23). The maximum Gasteiger partial charge on any atom is 0.417 e. The minimum absolute atomic E-state index is 0.0414. The van der Waals surface area contributed by atoms with Crippen LogP contribution in [0.1, 0.15) is 21.5 Å². The van der Waals surface area contributed by atoms with E-state index in [1.807, 2.05) is 0 Å². The number of aryl methyl sites for hydroxylation is 1. The highest BCUT2D eigenvalue weighted by Gasteiger charge is 2.30. The highest BCUT2D eigenvalue weighted by molar-refractivity contribution is 7.99. The minimum atomic E-state index is -4.45. The lowest BCUT2D eigenvalue weighted by atomic mass is 10.1. The van der Waals surface area contributed by atoms with Crippen LogP contribution in [-0.2, 0) is 15.7 Å². The molecule has 0 unspecified atom stereocenters. The zero-order valence-corrected chi connectivity index (χ0v) is 14.7. The number of halogens is 3. The van der Waals surface area contributed by atoms with Gasteiger partial charge in [0.05, 0.1) is 29.0 Å². The first-order chi connectivity index (χ1) is 12.2. The third-order valence-electron chi connectivity index (χ3n) is 3.35. The normalized spacial score (nSPS) is 11.1. The van der Waals surface area contributed by atoms with Gasteiger partial charge < -0.3 is 10.1 Å². The van der Waals surface area contributed by atoms with Crippen molar-refractivity contribution in [2.75, 3.05) is 18.2 Å². The van der Waals surface area contributed by atoms with Gasteiger partial charge in [0.1, 0.15) is 0 Å². The smallest absolute Gasteiger partial charge is 0.417 e. The van der Waals surface area contributed by atoms with E-state index in [0.717, 1.165) is 29.6 Å². The summed E-state index contributed by atoms with van der Waals surface area (Å²) in [5.74, 6) is -0.939. The van der Waals surface area contributed by atoms with Crippen LogP contribution in [0, 0.1) is 6.92 Å². The fraction of sp³-hybridized carbons (Fsp3) is 0.235. The summed E-state index contributed by atoms with van der Waals surface area (Å²) < 4.78 is 42.1. The Morgan fingerprint density at radius 3 is 2.54 bits per heavy atom. The summed E-state index contributed by atoms with van der Waals surface area (Å²) in [7, 11) is 1.26. The Morgan fingerprint density at radius 2 is 1.96 bits per heavy atom. The first kappa shape index (κ1) is 19.8. The fourth-order valence-electron chi connectivity index (χ4n) is 1.96. The van der Waals surface area contributed by atoms with E-state index in [1.165, 1.54) is 19.2 Å². The van der Waals surface area contributed by atoms with Gasteiger partial charge in [0.2, 0.25) is 5.91 Å². The maximum absolute atomic E-state index is 12.5. The number of aromatic nitrogens is 1. The largest absolute Gasteiger partial charge is 0.465 e. The molecule has 1 N–H and O–H groups in total. The van der Waals surface area contributed by atoms with Crippen molar-refractivity contribution in [3.8, 4) is 0 Å². The van der Waals surface area contributed by atoms with Gasteiger partial charge >= 0.3 is 12.1 Å². The topological polar surface area (TPSA) is 68.3 Å².